The summed E-state index contributed by atoms with van der Waals surface area (Å²) in [7, 11) is 0. The van der Waals surface area contributed by atoms with E-state index >= 15 is 0 Å². The molecule has 0 aromatic carbocycles. The van der Waals surface area contributed by atoms with Gasteiger partial charge in [0.25, 0.3) is 0 Å². The Labute approximate surface area is 76.2 Å². The maximum absolute atomic E-state index is 3.60. The van der Waals surface area contributed by atoms with Gasteiger partial charge in [0, 0.05) is 12.1 Å². The van der Waals surface area contributed by atoms with Gasteiger partial charge in [-0.2, -0.15) is 0 Å². The van der Waals surface area contributed by atoms with Crippen molar-refractivity contribution in [1.29, 1.82) is 0 Å². The summed E-state index contributed by atoms with van der Waals surface area (Å²) in [5.41, 5.74) is 1.44. The van der Waals surface area contributed by atoms with Gasteiger partial charge in [-0.25, -0.2) is 0 Å². The summed E-state index contributed by atoms with van der Waals surface area (Å²) in [6.07, 6.45) is 7.62. The predicted molar refractivity (Wildman–Crippen MR) is 54.3 cm³/mol. The molecule has 1 nitrogen and oxygen atoms in total. The average Bonchev–Trinajstić information content (AvgIpc) is 2.70. The van der Waals surface area contributed by atoms with E-state index in [1.807, 2.05) is 0 Å². The van der Waals surface area contributed by atoms with Crippen molar-refractivity contribution in [3.05, 3.63) is 11.6 Å². The standard InChI is InChI=1S/C11H21N/c1-9(2)5-4-6-10(3)12-11-7-8-11/h5,10-12H,4,6-8H2,1-3H3/t10-/m1/s1. The minimum atomic E-state index is 0.702. The average molecular weight is 167 g/mol. The van der Waals surface area contributed by atoms with E-state index in [4.69, 9.17) is 0 Å². The van der Waals surface area contributed by atoms with E-state index in [1.165, 1.54) is 31.3 Å². The zero-order valence-electron chi connectivity index (χ0n) is 8.56. The fourth-order valence-corrected chi connectivity index (χ4v) is 1.36. The van der Waals surface area contributed by atoms with Crippen LogP contribution in [0.5, 0.6) is 0 Å². The van der Waals surface area contributed by atoms with Crippen LogP contribution in [0.2, 0.25) is 0 Å². The van der Waals surface area contributed by atoms with Crippen LogP contribution in [0.3, 0.4) is 0 Å². The monoisotopic (exact) mass is 167 g/mol. The first-order valence-electron chi connectivity index (χ1n) is 5.08. The van der Waals surface area contributed by atoms with Crippen molar-refractivity contribution in [1.82, 2.24) is 5.32 Å². The minimum Gasteiger partial charge on any atom is -0.311 e. The lowest BCUT2D eigenvalue weighted by atomic mass is 10.1. The largest absolute Gasteiger partial charge is 0.311 e. The molecule has 1 saturated carbocycles. The van der Waals surface area contributed by atoms with Gasteiger partial charge in [0.1, 0.15) is 0 Å². The highest BCUT2D eigenvalue weighted by Crippen LogP contribution is 2.20. The van der Waals surface area contributed by atoms with Crippen molar-refractivity contribution in [3.63, 3.8) is 0 Å². The van der Waals surface area contributed by atoms with E-state index < -0.39 is 0 Å². The molecule has 1 heteroatoms. The van der Waals surface area contributed by atoms with Crippen LogP contribution in [0.25, 0.3) is 0 Å². The van der Waals surface area contributed by atoms with E-state index in [-0.39, 0.29) is 0 Å². The molecule has 12 heavy (non-hydrogen) atoms. The Morgan fingerprint density at radius 3 is 2.67 bits per heavy atom. The van der Waals surface area contributed by atoms with Crippen molar-refractivity contribution in [2.24, 2.45) is 0 Å². The van der Waals surface area contributed by atoms with Crippen LogP contribution in [0.4, 0.5) is 0 Å². The predicted octanol–water partition coefficient (Wildman–Crippen LogP) is 2.87. The second-order valence-electron chi connectivity index (χ2n) is 4.20. The molecule has 0 heterocycles. The summed E-state index contributed by atoms with van der Waals surface area (Å²) >= 11 is 0. The van der Waals surface area contributed by atoms with Gasteiger partial charge in [0.2, 0.25) is 0 Å². The van der Waals surface area contributed by atoms with Crippen LogP contribution in [-0.4, -0.2) is 12.1 Å². The van der Waals surface area contributed by atoms with Crippen LogP contribution in [0.15, 0.2) is 11.6 Å². The normalized spacial score (nSPS) is 18.9. The molecular formula is C11H21N. The Hall–Kier alpha value is -0.300. The molecule has 1 rings (SSSR count). The highest BCUT2D eigenvalue weighted by molar-refractivity contribution is 4.93. The summed E-state index contributed by atoms with van der Waals surface area (Å²) in [6, 6.07) is 1.56. The molecule has 0 aliphatic heterocycles. The quantitative estimate of drug-likeness (QED) is 0.621. The molecule has 1 fully saturated rings. The van der Waals surface area contributed by atoms with Crippen LogP contribution in [-0.2, 0) is 0 Å². The zero-order valence-corrected chi connectivity index (χ0v) is 8.56. The lowest BCUT2D eigenvalue weighted by Gasteiger charge is -2.11. The number of hydrogen-bond acceptors (Lipinski definition) is 1. The van der Waals surface area contributed by atoms with Gasteiger partial charge in [0.15, 0.2) is 0 Å². The van der Waals surface area contributed by atoms with Gasteiger partial charge in [-0.3, -0.25) is 0 Å². The van der Waals surface area contributed by atoms with Crippen LogP contribution < -0.4 is 5.32 Å². The van der Waals surface area contributed by atoms with E-state index in [9.17, 15) is 0 Å². The highest BCUT2D eigenvalue weighted by Gasteiger charge is 2.21. The van der Waals surface area contributed by atoms with Gasteiger partial charge < -0.3 is 5.32 Å². The third kappa shape index (κ3) is 4.55. The first-order valence-corrected chi connectivity index (χ1v) is 5.08. The molecule has 1 aliphatic carbocycles. The molecule has 1 atom stereocenters. The second kappa shape index (κ2) is 4.66. The molecule has 0 saturated heterocycles. The van der Waals surface area contributed by atoms with Crippen LogP contribution in [0, 0.1) is 0 Å². The lowest BCUT2D eigenvalue weighted by Crippen LogP contribution is -2.27. The van der Waals surface area contributed by atoms with Crippen molar-refractivity contribution >= 4 is 0 Å². The third-order valence-corrected chi connectivity index (χ3v) is 2.25. The van der Waals surface area contributed by atoms with Gasteiger partial charge in [-0.05, 0) is 46.5 Å². The van der Waals surface area contributed by atoms with E-state index in [1.54, 1.807) is 0 Å². The van der Waals surface area contributed by atoms with Gasteiger partial charge in [0.05, 0.1) is 0 Å². The Balaban J connectivity index is 2.00. The summed E-state index contributed by atoms with van der Waals surface area (Å²) in [5, 5.41) is 3.60. The lowest BCUT2D eigenvalue weighted by molar-refractivity contribution is 0.515. The molecule has 0 bridgehead atoms. The Kier molecular flexibility index (Phi) is 3.80. The Morgan fingerprint density at radius 1 is 1.50 bits per heavy atom. The van der Waals surface area contributed by atoms with Crippen molar-refractivity contribution in [2.45, 2.75) is 58.5 Å². The van der Waals surface area contributed by atoms with Crippen molar-refractivity contribution in [2.75, 3.05) is 0 Å². The summed E-state index contributed by atoms with van der Waals surface area (Å²) in [5.74, 6) is 0. The summed E-state index contributed by atoms with van der Waals surface area (Å²) in [4.78, 5) is 0. The van der Waals surface area contributed by atoms with Crippen LogP contribution >= 0.6 is 0 Å². The fourth-order valence-electron chi connectivity index (χ4n) is 1.36. The molecule has 0 radical (unpaired) electrons. The topological polar surface area (TPSA) is 12.0 Å². The maximum atomic E-state index is 3.60. The minimum absolute atomic E-state index is 0.702. The second-order valence-corrected chi connectivity index (χ2v) is 4.20. The molecule has 0 spiro atoms. The molecule has 1 aliphatic rings. The first-order chi connectivity index (χ1) is 5.68. The van der Waals surface area contributed by atoms with E-state index in [0.29, 0.717) is 6.04 Å². The fraction of sp³-hybridized carbons (Fsp3) is 0.818. The van der Waals surface area contributed by atoms with Crippen molar-refractivity contribution in [3.8, 4) is 0 Å². The van der Waals surface area contributed by atoms with E-state index in [0.717, 1.165) is 6.04 Å². The van der Waals surface area contributed by atoms with Crippen molar-refractivity contribution < 1.29 is 0 Å². The maximum Gasteiger partial charge on any atom is 0.00706 e. The van der Waals surface area contributed by atoms with E-state index in [2.05, 4.69) is 32.2 Å². The Bertz CT molecular complexity index is 152. The smallest absolute Gasteiger partial charge is 0.00706 e. The Morgan fingerprint density at radius 2 is 2.17 bits per heavy atom. The molecule has 70 valence electrons. The third-order valence-electron chi connectivity index (χ3n) is 2.25. The summed E-state index contributed by atoms with van der Waals surface area (Å²) in [6.45, 7) is 6.62. The zero-order chi connectivity index (χ0) is 8.97. The number of allylic oxidation sites excluding steroid dienone is 2. The molecule has 0 amide bonds. The molecular weight excluding hydrogens is 146 g/mol. The number of rotatable bonds is 5. The highest BCUT2D eigenvalue weighted by atomic mass is 15.0. The van der Waals surface area contributed by atoms with Gasteiger partial charge >= 0.3 is 0 Å². The number of nitrogens with one attached hydrogen (secondary N) is 1. The molecule has 1 N–H and O–H groups in total. The molecule has 0 aromatic rings. The number of hydrogen-bond donors (Lipinski definition) is 1. The van der Waals surface area contributed by atoms with Crippen LogP contribution in [0.1, 0.15) is 46.5 Å². The van der Waals surface area contributed by atoms with Gasteiger partial charge in [-0.15, -0.1) is 0 Å². The first kappa shape index (κ1) is 9.79. The van der Waals surface area contributed by atoms with Gasteiger partial charge in [-0.1, -0.05) is 11.6 Å². The SMILES string of the molecule is CC(C)=CCC[C@@H](C)NC1CC1. The molecule has 0 unspecified atom stereocenters. The summed E-state index contributed by atoms with van der Waals surface area (Å²) < 4.78 is 0. The molecule has 0 aromatic heterocycles.